The predicted molar refractivity (Wildman–Crippen MR) is 79.3 cm³/mol. The van der Waals surface area contributed by atoms with Gasteiger partial charge in [0.25, 0.3) is 5.91 Å². The molecule has 1 amide bonds. The second-order valence-electron chi connectivity index (χ2n) is 4.07. The molecule has 2 N–H and O–H groups in total. The topological polar surface area (TPSA) is 84.3 Å². The van der Waals surface area contributed by atoms with Crippen molar-refractivity contribution in [2.45, 2.75) is 13.2 Å². The summed E-state index contributed by atoms with van der Waals surface area (Å²) in [6.45, 7) is 0.870. The Morgan fingerprint density at radius 1 is 1.48 bits per heavy atom. The first-order valence-corrected chi connectivity index (χ1v) is 7.46. The Balaban J connectivity index is 1.84. The summed E-state index contributed by atoms with van der Waals surface area (Å²) in [4.78, 5) is 20.0. The number of carbonyl (C=O) groups excluding carboxylic acids is 1. The Hall–Kier alpha value is -1.54. The van der Waals surface area contributed by atoms with Crippen LogP contribution in [-0.4, -0.2) is 34.2 Å². The summed E-state index contributed by atoms with van der Waals surface area (Å²) < 4.78 is 5.15. The van der Waals surface area contributed by atoms with E-state index in [1.54, 1.807) is 23.7 Å². The SMILES string of the molecule is O=C(NCc1ccc(Cl)nc1)c1csc(COCCO)n1. The van der Waals surface area contributed by atoms with Crippen molar-refractivity contribution < 1.29 is 14.6 Å². The first kappa shape index (κ1) is 15.8. The van der Waals surface area contributed by atoms with Gasteiger partial charge in [0.05, 0.1) is 19.8 Å². The molecule has 112 valence electrons. The number of aromatic nitrogens is 2. The third kappa shape index (κ3) is 5.05. The number of halogens is 1. The second kappa shape index (κ2) is 8.04. The number of nitrogens with zero attached hydrogens (tertiary/aromatic N) is 2. The maximum atomic E-state index is 11.9. The Morgan fingerprint density at radius 3 is 3.05 bits per heavy atom. The highest BCUT2D eigenvalue weighted by Gasteiger charge is 2.10. The monoisotopic (exact) mass is 327 g/mol. The van der Waals surface area contributed by atoms with E-state index in [9.17, 15) is 4.79 Å². The molecule has 2 aromatic heterocycles. The molecule has 2 rings (SSSR count). The minimum Gasteiger partial charge on any atom is -0.394 e. The van der Waals surface area contributed by atoms with Gasteiger partial charge < -0.3 is 15.2 Å². The van der Waals surface area contributed by atoms with Gasteiger partial charge in [-0.1, -0.05) is 17.7 Å². The van der Waals surface area contributed by atoms with Crippen molar-refractivity contribution in [1.29, 1.82) is 0 Å². The fourth-order valence-corrected chi connectivity index (χ4v) is 2.31. The zero-order valence-electron chi connectivity index (χ0n) is 11.1. The summed E-state index contributed by atoms with van der Waals surface area (Å²) in [6.07, 6.45) is 1.61. The number of nitrogens with one attached hydrogen (secondary N) is 1. The van der Waals surface area contributed by atoms with E-state index in [0.29, 0.717) is 29.0 Å². The number of hydrogen-bond donors (Lipinski definition) is 2. The molecule has 0 spiro atoms. The second-order valence-corrected chi connectivity index (χ2v) is 5.40. The van der Waals surface area contributed by atoms with Crippen LogP contribution in [0.2, 0.25) is 5.15 Å². The Bertz CT molecular complexity index is 589. The maximum absolute atomic E-state index is 11.9. The van der Waals surface area contributed by atoms with E-state index >= 15 is 0 Å². The fourth-order valence-electron chi connectivity index (χ4n) is 1.49. The van der Waals surface area contributed by atoms with Crippen LogP contribution in [0.3, 0.4) is 0 Å². The van der Waals surface area contributed by atoms with E-state index in [0.717, 1.165) is 5.56 Å². The summed E-state index contributed by atoms with van der Waals surface area (Å²) in [7, 11) is 0. The lowest BCUT2D eigenvalue weighted by molar-refractivity contribution is 0.0811. The number of hydrogen-bond acceptors (Lipinski definition) is 6. The average molecular weight is 328 g/mol. The molecular formula is C13H14ClN3O3S. The molecule has 8 heteroatoms. The third-order valence-electron chi connectivity index (χ3n) is 2.49. The van der Waals surface area contributed by atoms with Gasteiger partial charge in [-0.3, -0.25) is 4.79 Å². The molecule has 0 atom stereocenters. The van der Waals surface area contributed by atoms with Crippen molar-refractivity contribution in [3.8, 4) is 0 Å². The molecule has 0 aliphatic heterocycles. The van der Waals surface area contributed by atoms with E-state index in [4.69, 9.17) is 21.4 Å². The summed E-state index contributed by atoms with van der Waals surface area (Å²) in [5.74, 6) is -0.255. The predicted octanol–water partition coefficient (Wildman–Crippen LogP) is 1.63. The van der Waals surface area contributed by atoms with Gasteiger partial charge in [0.2, 0.25) is 0 Å². The van der Waals surface area contributed by atoms with Gasteiger partial charge in [0.15, 0.2) is 0 Å². The van der Waals surface area contributed by atoms with E-state index in [-0.39, 0.29) is 19.1 Å². The molecule has 0 saturated heterocycles. The van der Waals surface area contributed by atoms with Gasteiger partial charge >= 0.3 is 0 Å². The smallest absolute Gasteiger partial charge is 0.271 e. The fraction of sp³-hybridized carbons (Fsp3) is 0.308. The molecule has 2 aromatic rings. The van der Waals surface area contributed by atoms with Crippen LogP contribution in [-0.2, 0) is 17.9 Å². The first-order valence-electron chi connectivity index (χ1n) is 6.20. The lowest BCUT2D eigenvalue weighted by Gasteiger charge is -2.03. The molecule has 0 aliphatic rings. The van der Waals surface area contributed by atoms with Crippen LogP contribution < -0.4 is 5.32 Å². The molecule has 0 saturated carbocycles. The van der Waals surface area contributed by atoms with Crippen LogP contribution >= 0.6 is 22.9 Å². The van der Waals surface area contributed by atoms with Crippen LogP contribution in [0, 0.1) is 0 Å². The lowest BCUT2D eigenvalue weighted by atomic mass is 10.3. The zero-order chi connectivity index (χ0) is 15.1. The molecule has 2 heterocycles. The van der Waals surface area contributed by atoms with Crippen molar-refractivity contribution in [3.63, 3.8) is 0 Å². The summed E-state index contributed by atoms with van der Waals surface area (Å²) in [5, 5.41) is 14.2. The van der Waals surface area contributed by atoms with Crippen molar-refractivity contribution in [3.05, 3.63) is 45.1 Å². The molecule has 0 fully saturated rings. The van der Waals surface area contributed by atoms with Gasteiger partial charge in [-0.15, -0.1) is 11.3 Å². The van der Waals surface area contributed by atoms with Crippen molar-refractivity contribution in [2.24, 2.45) is 0 Å². The Kier molecular flexibility index (Phi) is 6.06. The molecule has 0 bridgehead atoms. The number of aliphatic hydroxyl groups is 1. The van der Waals surface area contributed by atoms with Crippen molar-refractivity contribution in [1.82, 2.24) is 15.3 Å². The molecule has 0 unspecified atom stereocenters. The molecule has 6 nitrogen and oxygen atoms in total. The zero-order valence-corrected chi connectivity index (χ0v) is 12.7. The van der Waals surface area contributed by atoms with Crippen molar-refractivity contribution >= 4 is 28.8 Å². The minimum absolute atomic E-state index is 0.0339. The summed E-state index contributed by atoms with van der Waals surface area (Å²) in [5.41, 5.74) is 1.21. The van der Waals surface area contributed by atoms with Gasteiger partial charge in [-0.05, 0) is 11.6 Å². The average Bonchev–Trinajstić information content (AvgIpc) is 2.96. The molecule has 0 aliphatic carbocycles. The highest BCUT2D eigenvalue weighted by atomic mass is 35.5. The number of thiazole rings is 1. The normalized spacial score (nSPS) is 10.6. The van der Waals surface area contributed by atoms with E-state index in [2.05, 4.69) is 15.3 Å². The van der Waals surface area contributed by atoms with Crippen LogP contribution in [0.1, 0.15) is 21.1 Å². The van der Waals surface area contributed by atoms with Crippen LogP contribution in [0.5, 0.6) is 0 Å². The number of ether oxygens (including phenoxy) is 1. The van der Waals surface area contributed by atoms with Gasteiger partial charge in [-0.25, -0.2) is 9.97 Å². The number of amides is 1. The van der Waals surface area contributed by atoms with E-state index < -0.39 is 0 Å². The third-order valence-corrected chi connectivity index (χ3v) is 3.53. The number of pyridine rings is 1. The molecular weight excluding hydrogens is 314 g/mol. The maximum Gasteiger partial charge on any atom is 0.271 e. The molecule has 21 heavy (non-hydrogen) atoms. The van der Waals surface area contributed by atoms with Gasteiger partial charge in [-0.2, -0.15) is 0 Å². The standard InChI is InChI=1S/C13H14ClN3O3S/c14-11-2-1-9(5-15-11)6-16-13(19)10-8-21-12(17-10)7-20-4-3-18/h1-2,5,8,18H,3-4,6-7H2,(H,16,19). The largest absolute Gasteiger partial charge is 0.394 e. The Morgan fingerprint density at radius 2 is 2.33 bits per heavy atom. The van der Waals surface area contributed by atoms with E-state index in [1.807, 2.05) is 0 Å². The summed E-state index contributed by atoms with van der Waals surface area (Å²) in [6, 6.07) is 3.47. The first-order chi connectivity index (χ1) is 10.2. The molecule has 0 aromatic carbocycles. The highest BCUT2D eigenvalue weighted by Crippen LogP contribution is 2.11. The van der Waals surface area contributed by atoms with Crippen LogP contribution in [0.15, 0.2) is 23.7 Å². The number of carbonyl (C=O) groups is 1. The number of rotatable bonds is 7. The number of aliphatic hydroxyl groups excluding tert-OH is 1. The quantitative estimate of drug-likeness (QED) is 0.596. The van der Waals surface area contributed by atoms with E-state index in [1.165, 1.54) is 11.3 Å². The summed E-state index contributed by atoms with van der Waals surface area (Å²) >= 11 is 7.03. The Labute approximate surface area is 130 Å². The lowest BCUT2D eigenvalue weighted by Crippen LogP contribution is -2.23. The van der Waals surface area contributed by atoms with Crippen molar-refractivity contribution in [2.75, 3.05) is 13.2 Å². The van der Waals surface area contributed by atoms with Gasteiger partial charge in [0, 0.05) is 18.1 Å². The minimum atomic E-state index is -0.255. The molecule has 0 radical (unpaired) electrons. The van der Waals surface area contributed by atoms with Gasteiger partial charge in [0.1, 0.15) is 15.9 Å². The van der Waals surface area contributed by atoms with Crippen LogP contribution in [0.4, 0.5) is 0 Å². The van der Waals surface area contributed by atoms with Crippen LogP contribution in [0.25, 0.3) is 0 Å². The highest BCUT2D eigenvalue weighted by molar-refractivity contribution is 7.09.